The summed E-state index contributed by atoms with van der Waals surface area (Å²) in [6.45, 7) is 3.02. The van der Waals surface area contributed by atoms with Crippen molar-refractivity contribution in [3.63, 3.8) is 0 Å². The van der Waals surface area contributed by atoms with Gasteiger partial charge >= 0.3 is 0 Å². The highest BCUT2D eigenvalue weighted by Crippen LogP contribution is 2.26. The van der Waals surface area contributed by atoms with E-state index in [9.17, 15) is 4.79 Å². The molecule has 104 valence electrons. The van der Waals surface area contributed by atoms with Gasteiger partial charge in [-0.3, -0.25) is 4.79 Å². The van der Waals surface area contributed by atoms with Crippen LogP contribution in [0.15, 0.2) is 30.3 Å². The normalized spacial score (nSPS) is 21.2. The number of carbonyl (C=O) groups is 1. The van der Waals surface area contributed by atoms with Crippen LogP contribution in [0.3, 0.4) is 0 Å². The molecule has 1 aromatic carbocycles. The van der Waals surface area contributed by atoms with E-state index in [0.29, 0.717) is 6.04 Å². The average molecular weight is 261 g/mol. The number of carbonyl (C=O) groups excluding carboxylic acids is 1. The molecule has 0 radical (unpaired) electrons. The number of rotatable bonds is 4. The molecular weight excluding hydrogens is 238 g/mol. The molecule has 0 N–H and O–H groups in total. The van der Waals surface area contributed by atoms with Crippen molar-refractivity contribution in [1.29, 1.82) is 0 Å². The molecule has 1 heterocycles. The van der Waals surface area contributed by atoms with Gasteiger partial charge in [-0.2, -0.15) is 0 Å². The molecule has 1 aromatic rings. The zero-order valence-corrected chi connectivity index (χ0v) is 11.8. The van der Waals surface area contributed by atoms with Crippen molar-refractivity contribution in [3.8, 4) is 0 Å². The van der Waals surface area contributed by atoms with Gasteiger partial charge in [-0.05, 0) is 31.2 Å². The fourth-order valence-corrected chi connectivity index (χ4v) is 2.87. The Balaban J connectivity index is 2.16. The molecule has 0 spiro atoms. The van der Waals surface area contributed by atoms with Gasteiger partial charge in [0.1, 0.15) is 0 Å². The van der Waals surface area contributed by atoms with Gasteiger partial charge in [0.25, 0.3) is 5.91 Å². The Morgan fingerprint density at radius 1 is 1.37 bits per heavy atom. The minimum atomic E-state index is -0.464. The summed E-state index contributed by atoms with van der Waals surface area (Å²) in [5, 5.41) is 0. The fourth-order valence-electron chi connectivity index (χ4n) is 2.87. The van der Waals surface area contributed by atoms with Gasteiger partial charge in [0.2, 0.25) is 0 Å². The van der Waals surface area contributed by atoms with Gasteiger partial charge in [0.05, 0.1) is 0 Å². The molecule has 0 saturated carbocycles. The van der Waals surface area contributed by atoms with E-state index in [-0.39, 0.29) is 5.91 Å². The molecule has 1 aliphatic heterocycles. The van der Waals surface area contributed by atoms with Crippen molar-refractivity contribution in [2.45, 2.75) is 44.8 Å². The first-order valence-corrected chi connectivity index (χ1v) is 7.16. The maximum atomic E-state index is 12.7. The average Bonchev–Trinajstić information content (AvgIpc) is 2.49. The molecule has 0 bridgehead atoms. The lowest BCUT2D eigenvalue weighted by Crippen LogP contribution is -2.45. The number of amides is 1. The predicted molar refractivity (Wildman–Crippen MR) is 75.8 cm³/mol. The van der Waals surface area contributed by atoms with Gasteiger partial charge < -0.3 is 9.64 Å². The van der Waals surface area contributed by atoms with Crippen LogP contribution in [0.1, 0.15) is 44.3 Å². The lowest BCUT2D eigenvalue weighted by molar-refractivity contribution is -0.146. The number of nitrogens with zero attached hydrogens (tertiary/aromatic N) is 1. The van der Waals surface area contributed by atoms with Crippen molar-refractivity contribution in [1.82, 2.24) is 4.90 Å². The largest absolute Gasteiger partial charge is 0.367 e. The van der Waals surface area contributed by atoms with E-state index < -0.39 is 6.10 Å². The summed E-state index contributed by atoms with van der Waals surface area (Å²) >= 11 is 0. The molecule has 0 aliphatic carbocycles. The third-order valence-electron chi connectivity index (χ3n) is 3.94. The highest BCUT2D eigenvalue weighted by molar-refractivity contribution is 5.82. The Kier molecular flexibility index (Phi) is 4.97. The standard InChI is InChI=1S/C16H23NO2/c1-3-14-11-7-8-12-17(14)16(18)15(19-2)13-9-5-4-6-10-13/h4-6,9-10,14-15H,3,7-8,11-12H2,1-2H3/t14-,15-/m0/s1. The van der Waals surface area contributed by atoms with Crippen LogP contribution in [0.25, 0.3) is 0 Å². The van der Waals surface area contributed by atoms with Gasteiger partial charge in [0, 0.05) is 19.7 Å². The highest BCUT2D eigenvalue weighted by Gasteiger charge is 2.31. The summed E-state index contributed by atoms with van der Waals surface area (Å²) in [6, 6.07) is 10.1. The summed E-state index contributed by atoms with van der Waals surface area (Å²) in [7, 11) is 1.61. The van der Waals surface area contributed by atoms with Crippen LogP contribution < -0.4 is 0 Å². The summed E-state index contributed by atoms with van der Waals surface area (Å²) in [4.78, 5) is 14.7. The highest BCUT2D eigenvalue weighted by atomic mass is 16.5. The van der Waals surface area contributed by atoms with E-state index in [4.69, 9.17) is 4.74 Å². The minimum Gasteiger partial charge on any atom is -0.367 e. The van der Waals surface area contributed by atoms with Gasteiger partial charge in [-0.25, -0.2) is 0 Å². The third kappa shape index (κ3) is 3.16. The van der Waals surface area contributed by atoms with E-state index in [1.807, 2.05) is 35.2 Å². The van der Waals surface area contributed by atoms with Crippen LogP contribution in [0, 0.1) is 0 Å². The summed E-state index contributed by atoms with van der Waals surface area (Å²) in [5.74, 6) is 0.111. The van der Waals surface area contributed by atoms with E-state index in [2.05, 4.69) is 6.92 Å². The Morgan fingerprint density at radius 2 is 2.11 bits per heavy atom. The molecular formula is C16H23NO2. The molecule has 3 heteroatoms. The SMILES string of the molecule is CC[C@H]1CCCCN1C(=O)[C@@H](OC)c1ccccc1. The van der Waals surface area contributed by atoms with Crippen LogP contribution in [-0.4, -0.2) is 30.5 Å². The second-order valence-corrected chi connectivity index (χ2v) is 5.12. The number of methoxy groups -OCH3 is 1. The quantitative estimate of drug-likeness (QED) is 0.833. The zero-order chi connectivity index (χ0) is 13.7. The number of piperidine rings is 1. The van der Waals surface area contributed by atoms with Gasteiger partial charge in [-0.15, -0.1) is 0 Å². The summed E-state index contributed by atoms with van der Waals surface area (Å²) in [5.41, 5.74) is 0.940. The van der Waals surface area contributed by atoms with Crippen molar-refractivity contribution < 1.29 is 9.53 Å². The van der Waals surface area contributed by atoms with E-state index in [1.165, 1.54) is 6.42 Å². The number of likely N-dealkylation sites (tertiary alicyclic amines) is 1. The Hall–Kier alpha value is -1.35. The number of benzene rings is 1. The lowest BCUT2D eigenvalue weighted by atomic mass is 9.98. The second kappa shape index (κ2) is 6.71. The molecule has 0 unspecified atom stereocenters. The Morgan fingerprint density at radius 3 is 2.74 bits per heavy atom. The van der Waals surface area contributed by atoms with Crippen LogP contribution in [0.5, 0.6) is 0 Å². The third-order valence-corrected chi connectivity index (χ3v) is 3.94. The van der Waals surface area contributed by atoms with Crippen molar-refractivity contribution >= 4 is 5.91 Å². The topological polar surface area (TPSA) is 29.5 Å². The van der Waals surface area contributed by atoms with E-state index in [0.717, 1.165) is 31.4 Å². The molecule has 2 rings (SSSR count). The number of hydrogen-bond donors (Lipinski definition) is 0. The van der Waals surface area contributed by atoms with E-state index >= 15 is 0 Å². The van der Waals surface area contributed by atoms with E-state index in [1.54, 1.807) is 7.11 Å². The molecule has 3 nitrogen and oxygen atoms in total. The van der Waals surface area contributed by atoms with Crippen molar-refractivity contribution in [2.75, 3.05) is 13.7 Å². The predicted octanol–water partition coefficient (Wildman–Crippen LogP) is 3.17. The Bertz CT molecular complexity index is 404. The first-order valence-electron chi connectivity index (χ1n) is 7.16. The molecule has 0 aromatic heterocycles. The van der Waals surface area contributed by atoms with Crippen LogP contribution in [-0.2, 0) is 9.53 Å². The fraction of sp³-hybridized carbons (Fsp3) is 0.562. The van der Waals surface area contributed by atoms with Crippen LogP contribution in [0.2, 0.25) is 0 Å². The molecule has 19 heavy (non-hydrogen) atoms. The second-order valence-electron chi connectivity index (χ2n) is 5.12. The first kappa shape index (κ1) is 14.1. The van der Waals surface area contributed by atoms with Crippen LogP contribution >= 0.6 is 0 Å². The van der Waals surface area contributed by atoms with Gasteiger partial charge in [0.15, 0.2) is 6.10 Å². The summed E-state index contributed by atoms with van der Waals surface area (Å²) in [6.07, 6.45) is 4.01. The van der Waals surface area contributed by atoms with Gasteiger partial charge in [-0.1, -0.05) is 37.3 Å². The van der Waals surface area contributed by atoms with Crippen molar-refractivity contribution in [2.24, 2.45) is 0 Å². The zero-order valence-electron chi connectivity index (χ0n) is 11.8. The van der Waals surface area contributed by atoms with Crippen LogP contribution in [0.4, 0.5) is 0 Å². The maximum Gasteiger partial charge on any atom is 0.256 e. The lowest BCUT2D eigenvalue weighted by Gasteiger charge is -2.37. The monoisotopic (exact) mass is 261 g/mol. The summed E-state index contributed by atoms with van der Waals surface area (Å²) < 4.78 is 5.45. The molecule has 1 saturated heterocycles. The molecule has 2 atom stereocenters. The number of ether oxygens (including phenoxy) is 1. The Labute approximate surface area is 115 Å². The molecule has 1 fully saturated rings. The maximum absolute atomic E-state index is 12.7. The number of hydrogen-bond acceptors (Lipinski definition) is 2. The smallest absolute Gasteiger partial charge is 0.256 e. The minimum absolute atomic E-state index is 0.111. The van der Waals surface area contributed by atoms with Crippen molar-refractivity contribution in [3.05, 3.63) is 35.9 Å². The molecule has 1 aliphatic rings. The first-order chi connectivity index (χ1) is 9.27. The molecule has 1 amide bonds.